The third-order valence-electron chi connectivity index (χ3n) is 2.37. The van der Waals surface area contributed by atoms with Gasteiger partial charge in [0.1, 0.15) is 0 Å². The Kier molecular flexibility index (Phi) is 1.53. The van der Waals surface area contributed by atoms with Crippen molar-refractivity contribution in [3.05, 3.63) is 17.0 Å². The molecule has 1 aromatic rings. The van der Waals surface area contributed by atoms with Crippen molar-refractivity contribution in [2.24, 2.45) is 0 Å². The molecule has 2 heterocycles. The van der Waals surface area contributed by atoms with E-state index >= 15 is 0 Å². The van der Waals surface area contributed by atoms with Crippen molar-refractivity contribution in [2.75, 3.05) is 0 Å². The number of aromatic nitrogens is 2. The zero-order valence-corrected chi connectivity index (χ0v) is 7.42. The number of Topliss-reactive ketones (excluding diaryl/α,β-unsaturated/α-hetero) is 1. The predicted molar refractivity (Wildman–Crippen MR) is 45.3 cm³/mol. The SMILES string of the molecule is CC(=O)c1c(C)nn2c1CCC2. The Hall–Kier alpha value is -1.12. The van der Waals surface area contributed by atoms with Crippen LogP contribution in [0.4, 0.5) is 0 Å². The Balaban J connectivity index is 2.59. The van der Waals surface area contributed by atoms with E-state index in [0.717, 1.165) is 36.3 Å². The minimum Gasteiger partial charge on any atom is -0.294 e. The quantitative estimate of drug-likeness (QED) is 0.587. The summed E-state index contributed by atoms with van der Waals surface area (Å²) >= 11 is 0. The highest BCUT2D eigenvalue weighted by Gasteiger charge is 2.21. The molecule has 0 fully saturated rings. The number of carbonyl (C=O) groups is 1. The van der Waals surface area contributed by atoms with E-state index in [1.165, 1.54) is 0 Å². The molecular weight excluding hydrogens is 152 g/mol. The molecule has 0 aliphatic carbocycles. The van der Waals surface area contributed by atoms with Gasteiger partial charge >= 0.3 is 0 Å². The van der Waals surface area contributed by atoms with Crippen LogP contribution in [0.1, 0.15) is 35.1 Å². The largest absolute Gasteiger partial charge is 0.294 e. The van der Waals surface area contributed by atoms with Gasteiger partial charge in [-0.2, -0.15) is 5.10 Å². The van der Waals surface area contributed by atoms with Gasteiger partial charge in [0, 0.05) is 12.2 Å². The summed E-state index contributed by atoms with van der Waals surface area (Å²) in [6, 6.07) is 0. The van der Waals surface area contributed by atoms with Gasteiger partial charge in [-0.1, -0.05) is 0 Å². The number of aryl methyl sites for hydroxylation is 2. The lowest BCUT2D eigenvalue weighted by Crippen LogP contribution is -1.97. The highest BCUT2D eigenvalue weighted by Crippen LogP contribution is 2.21. The van der Waals surface area contributed by atoms with Gasteiger partial charge in [-0.25, -0.2) is 0 Å². The van der Waals surface area contributed by atoms with Gasteiger partial charge < -0.3 is 0 Å². The Morgan fingerprint density at radius 2 is 2.33 bits per heavy atom. The van der Waals surface area contributed by atoms with E-state index in [1.54, 1.807) is 6.92 Å². The van der Waals surface area contributed by atoms with Crippen LogP contribution >= 0.6 is 0 Å². The maximum Gasteiger partial charge on any atom is 0.163 e. The van der Waals surface area contributed by atoms with Crippen molar-refractivity contribution in [1.82, 2.24) is 9.78 Å². The fourth-order valence-corrected chi connectivity index (χ4v) is 1.92. The number of carbonyl (C=O) groups excluding carboxylic acids is 1. The maximum absolute atomic E-state index is 11.2. The number of hydrogen-bond acceptors (Lipinski definition) is 2. The summed E-state index contributed by atoms with van der Waals surface area (Å²) in [4.78, 5) is 11.2. The lowest BCUT2D eigenvalue weighted by molar-refractivity contribution is 0.101. The van der Waals surface area contributed by atoms with Gasteiger partial charge in [0.15, 0.2) is 5.78 Å². The lowest BCUT2D eigenvalue weighted by atomic mass is 10.1. The van der Waals surface area contributed by atoms with Crippen molar-refractivity contribution in [2.45, 2.75) is 33.2 Å². The molecule has 0 bridgehead atoms. The summed E-state index contributed by atoms with van der Waals surface area (Å²) in [7, 11) is 0. The summed E-state index contributed by atoms with van der Waals surface area (Å²) in [5, 5.41) is 4.31. The van der Waals surface area contributed by atoms with Gasteiger partial charge in [0.25, 0.3) is 0 Å². The molecule has 1 aliphatic heterocycles. The Bertz CT molecular complexity index is 339. The van der Waals surface area contributed by atoms with Crippen molar-refractivity contribution in [3.8, 4) is 0 Å². The summed E-state index contributed by atoms with van der Waals surface area (Å²) in [5.74, 6) is 0.149. The van der Waals surface area contributed by atoms with E-state index in [1.807, 2.05) is 11.6 Å². The minimum atomic E-state index is 0.149. The van der Waals surface area contributed by atoms with Crippen LogP contribution in [-0.4, -0.2) is 15.6 Å². The number of fused-ring (bicyclic) bond motifs is 1. The second-order valence-electron chi connectivity index (χ2n) is 3.29. The summed E-state index contributed by atoms with van der Waals surface area (Å²) in [5.41, 5.74) is 2.88. The fourth-order valence-electron chi connectivity index (χ4n) is 1.92. The Morgan fingerprint density at radius 1 is 1.58 bits per heavy atom. The summed E-state index contributed by atoms with van der Waals surface area (Å²) in [6.07, 6.45) is 2.14. The monoisotopic (exact) mass is 164 g/mol. The molecule has 0 unspecified atom stereocenters. The lowest BCUT2D eigenvalue weighted by Gasteiger charge is -1.94. The molecule has 0 spiro atoms. The molecule has 64 valence electrons. The van der Waals surface area contributed by atoms with E-state index in [2.05, 4.69) is 5.10 Å². The van der Waals surface area contributed by atoms with Gasteiger partial charge in [-0.3, -0.25) is 9.48 Å². The smallest absolute Gasteiger partial charge is 0.163 e. The molecular formula is C9H12N2O. The Morgan fingerprint density at radius 3 is 3.00 bits per heavy atom. The van der Waals surface area contributed by atoms with Crippen LogP contribution in [0.5, 0.6) is 0 Å². The first-order valence-corrected chi connectivity index (χ1v) is 4.27. The molecule has 0 amide bonds. The third kappa shape index (κ3) is 0.891. The van der Waals surface area contributed by atoms with Crippen LogP contribution < -0.4 is 0 Å². The average molecular weight is 164 g/mol. The number of hydrogen-bond donors (Lipinski definition) is 0. The van der Waals surface area contributed by atoms with E-state index in [4.69, 9.17) is 0 Å². The molecule has 0 saturated carbocycles. The first-order chi connectivity index (χ1) is 5.70. The summed E-state index contributed by atoms with van der Waals surface area (Å²) in [6.45, 7) is 4.49. The van der Waals surface area contributed by atoms with Gasteiger partial charge in [0.2, 0.25) is 0 Å². The molecule has 0 aromatic carbocycles. The number of ketones is 1. The van der Waals surface area contributed by atoms with Crippen LogP contribution in [0.2, 0.25) is 0 Å². The minimum absolute atomic E-state index is 0.149. The second kappa shape index (κ2) is 2.44. The van der Waals surface area contributed by atoms with Crippen molar-refractivity contribution in [1.29, 1.82) is 0 Å². The standard InChI is InChI=1S/C9H12N2O/c1-6-9(7(2)12)8-4-3-5-11(8)10-6/h3-5H2,1-2H3. The van der Waals surface area contributed by atoms with Crippen LogP contribution in [0.3, 0.4) is 0 Å². The topological polar surface area (TPSA) is 34.9 Å². The van der Waals surface area contributed by atoms with Gasteiger partial charge in [-0.05, 0) is 26.7 Å². The van der Waals surface area contributed by atoms with Crippen LogP contribution in [-0.2, 0) is 13.0 Å². The highest BCUT2D eigenvalue weighted by atomic mass is 16.1. The first kappa shape index (κ1) is 7.53. The van der Waals surface area contributed by atoms with Gasteiger partial charge in [0.05, 0.1) is 11.3 Å². The van der Waals surface area contributed by atoms with E-state index < -0.39 is 0 Å². The second-order valence-corrected chi connectivity index (χ2v) is 3.29. The zero-order chi connectivity index (χ0) is 8.72. The van der Waals surface area contributed by atoms with Crippen LogP contribution in [0.15, 0.2) is 0 Å². The van der Waals surface area contributed by atoms with E-state index in [-0.39, 0.29) is 5.78 Å². The van der Waals surface area contributed by atoms with Crippen LogP contribution in [0, 0.1) is 6.92 Å². The molecule has 3 heteroatoms. The first-order valence-electron chi connectivity index (χ1n) is 4.27. The fraction of sp³-hybridized carbons (Fsp3) is 0.556. The average Bonchev–Trinajstić information content (AvgIpc) is 2.44. The molecule has 0 radical (unpaired) electrons. The van der Waals surface area contributed by atoms with E-state index in [9.17, 15) is 4.79 Å². The predicted octanol–water partition coefficient (Wildman–Crippen LogP) is 1.34. The molecule has 0 N–H and O–H groups in total. The summed E-state index contributed by atoms with van der Waals surface area (Å²) < 4.78 is 1.96. The molecule has 0 saturated heterocycles. The van der Waals surface area contributed by atoms with Crippen molar-refractivity contribution < 1.29 is 4.79 Å². The van der Waals surface area contributed by atoms with Crippen molar-refractivity contribution in [3.63, 3.8) is 0 Å². The Labute approximate surface area is 71.4 Å². The molecule has 2 rings (SSSR count). The zero-order valence-electron chi connectivity index (χ0n) is 7.42. The highest BCUT2D eigenvalue weighted by molar-refractivity contribution is 5.96. The molecule has 0 atom stereocenters. The molecule has 1 aromatic heterocycles. The third-order valence-corrected chi connectivity index (χ3v) is 2.37. The van der Waals surface area contributed by atoms with E-state index in [0.29, 0.717) is 0 Å². The molecule has 12 heavy (non-hydrogen) atoms. The normalized spacial score (nSPS) is 14.8. The van der Waals surface area contributed by atoms with Crippen molar-refractivity contribution >= 4 is 5.78 Å². The van der Waals surface area contributed by atoms with Gasteiger partial charge in [-0.15, -0.1) is 0 Å². The van der Waals surface area contributed by atoms with Crippen LogP contribution in [0.25, 0.3) is 0 Å². The molecule has 3 nitrogen and oxygen atoms in total. The molecule has 1 aliphatic rings. The maximum atomic E-state index is 11.2. The number of nitrogens with zero attached hydrogens (tertiary/aromatic N) is 2. The number of rotatable bonds is 1.